The van der Waals surface area contributed by atoms with Crippen LogP contribution in [0.5, 0.6) is 5.75 Å². The molecule has 0 fully saturated rings. The predicted molar refractivity (Wildman–Crippen MR) is 121 cm³/mol. The molecule has 4 rings (SSSR count). The second-order valence-electron chi connectivity index (χ2n) is 7.10. The van der Waals surface area contributed by atoms with Crippen LogP contribution in [0, 0.1) is 5.41 Å². The molecule has 0 spiro atoms. The quantitative estimate of drug-likeness (QED) is 0.446. The van der Waals surface area contributed by atoms with Gasteiger partial charge in [-0.2, -0.15) is 0 Å². The predicted octanol–water partition coefficient (Wildman–Crippen LogP) is 4.47. The van der Waals surface area contributed by atoms with Crippen LogP contribution in [0.4, 0.5) is 17.3 Å². The summed E-state index contributed by atoms with van der Waals surface area (Å²) in [5.41, 5.74) is 1.88. The van der Waals surface area contributed by atoms with E-state index in [4.69, 9.17) is 14.6 Å². The van der Waals surface area contributed by atoms with Gasteiger partial charge in [-0.25, -0.2) is 8.42 Å². The van der Waals surface area contributed by atoms with Crippen LogP contribution in [0.25, 0.3) is 0 Å². The van der Waals surface area contributed by atoms with Crippen molar-refractivity contribution in [1.29, 1.82) is 5.41 Å². The minimum Gasteiger partial charge on any atom is -0.494 e. The lowest BCUT2D eigenvalue weighted by atomic mass is 10.2. The number of nitrogens with zero attached hydrogens (tertiary/aromatic N) is 1. The number of anilines is 3. The normalized spacial score (nSPS) is 13.5. The Balaban J connectivity index is 1.43. The van der Waals surface area contributed by atoms with Crippen molar-refractivity contribution in [2.45, 2.75) is 24.7 Å². The van der Waals surface area contributed by atoms with Gasteiger partial charge in [0.2, 0.25) is 5.88 Å². The number of benzene rings is 2. The molecule has 2 heterocycles. The minimum absolute atomic E-state index is 0.161. The molecule has 31 heavy (non-hydrogen) atoms. The fourth-order valence-electron chi connectivity index (χ4n) is 3.20. The summed E-state index contributed by atoms with van der Waals surface area (Å²) < 4.78 is 38.9. The smallest absolute Gasteiger partial charge is 0.261 e. The molecular formula is C22H24N4O4S. The maximum absolute atomic E-state index is 12.7. The summed E-state index contributed by atoms with van der Waals surface area (Å²) in [5.74, 6) is 1.54. The molecule has 3 aromatic rings. The number of furan rings is 1. The van der Waals surface area contributed by atoms with Crippen LogP contribution in [0.15, 0.2) is 70.2 Å². The lowest BCUT2D eigenvalue weighted by molar-refractivity contribution is 0.309. The topological polar surface area (TPSA) is 108 Å². The Hall–Kier alpha value is -3.46. The van der Waals surface area contributed by atoms with Gasteiger partial charge in [0.15, 0.2) is 0 Å². The molecule has 0 bridgehead atoms. The number of nitrogens with one attached hydrogen (secondary N) is 3. The fourth-order valence-corrected chi connectivity index (χ4v) is 4.26. The molecule has 0 saturated carbocycles. The number of hydrogen-bond acceptors (Lipinski definition) is 6. The number of sulfonamides is 1. The first-order chi connectivity index (χ1) is 15.0. The van der Waals surface area contributed by atoms with Crippen molar-refractivity contribution >= 4 is 33.1 Å². The van der Waals surface area contributed by atoms with E-state index in [0.717, 1.165) is 18.5 Å². The van der Waals surface area contributed by atoms with Crippen LogP contribution in [0.2, 0.25) is 0 Å². The number of ether oxygens (including phenoxy) is 1. The van der Waals surface area contributed by atoms with Gasteiger partial charge in [-0.3, -0.25) is 10.1 Å². The summed E-state index contributed by atoms with van der Waals surface area (Å²) in [5, 5.41) is 11.5. The van der Waals surface area contributed by atoms with Crippen LogP contribution in [0.1, 0.15) is 25.3 Å². The summed E-state index contributed by atoms with van der Waals surface area (Å²) in [7, 11) is -3.72. The molecule has 1 aliphatic heterocycles. The summed E-state index contributed by atoms with van der Waals surface area (Å²) in [6, 6.07) is 15.0. The number of hydrogen-bond donors (Lipinski definition) is 3. The van der Waals surface area contributed by atoms with Crippen LogP contribution in [0.3, 0.4) is 0 Å². The Morgan fingerprint density at radius 3 is 2.58 bits per heavy atom. The standard InChI is InChI=1S/C22H24N4O4S/c1-2-3-13-29-18-8-10-19(11-9-18)31(27,28)25-16-4-6-17(7-5-16)26-15-24-22-20(21(26)23)12-14-30-22/h4-12,14,23-25H,2-3,13,15H2,1H3. The van der Waals surface area contributed by atoms with Crippen molar-refractivity contribution in [1.82, 2.24) is 0 Å². The summed E-state index contributed by atoms with van der Waals surface area (Å²) in [6.45, 7) is 3.08. The number of amidine groups is 1. The Morgan fingerprint density at radius 1 is 1.13 bits per heavy atom. The summed E-state index contributed by atoms with van der Waals surface area (Å²) >= 11 is 0. The van der Waals surface area contributed by atoms with Crippen molar-refractivity contribution < 1.29 is 17.6 Å². The first kappa shape index (κ1) is 20.8. The molecule has 162 valence electrons. The third-order valence-electron chi connectivity index (χ3n) is 4.92. The van der Waals surface area contributed by atoms with E-state index in [1.54, 1.807) is 47.4 Å². The number of rotatable bonds is 8. The van der Waals surface area contributed by atoms with E-state index in [1.165, 1.54) is 18.4 Å². The highest BCUT2D eigenvalue weighted by Gasteiger charge is 2.24. The second-order valence-corrected chi connectivity index (χ2v) is 8.78. The fraction of sp³-hybridized carbons (Fsp3) is 0.227. The molecule has 1 aliphatic rings. The number of fused-ring (bicyclic) bond motifs is 1. The molecular weight excluding hydrogens is 416 g/mol. The van der Waals surface area contributed by atoms with E-state index in [1.807, 2.05) is 0 Å². The summed E-state index contributed by atoms with van der Waals surface area (Å²) in [4.78, 5) is 1.93. The molecule has 0 amide bonds. The van der Waals surface area contributed by atoms with E-state index < -0.39 is 10.0 Å². The zero-order valence-electron chi connectivity index (χ0n) is 17.1. The van der Waals surface area contributed by atoms with Crippen molar-refractivity contribution in [3.05, 3.63) is 66.4 Å². The Bertz CT molecular complexity index is 1150. The molecule has 0 atom stereocenters. The van der Waals surface area contributed by atoms with Gasteiger partial charge in [-0.15, -0.1) is 0 Å². The lowest BCUT2D eigenvalue weighted by Gasteiger charge is -2.29. The zero-order valence-corrected chi connectivity index (χ0v) is 17.9. The van der Waals surface area contributed by atoms with Crippen LogP contribution in [-0.4, -0.2) is 27.5 Å². The molecule has 3 N–H and O–H groups in total. The third-order valence-corrected chi connectivity index (χ3v) is 6.32. The largest absolute Gasteiger partial charge is 0.494 e. The Kier molecular flexibility index (Phi) is 5.85. The van der Waals surface area contributed by atoms with E-state index in [2.05, 4.69) is 17.0 Å². The van der Waals surface area contributed by atoms with Crippen LogP contribution >= 0.6 is 0 Å². The van der Waals surface area contributed by atoms with Gasteiger partial charge < -0.3 is 19.4 Å². The van der Waals surface area contributed by atoms with E-state index in [9.17, 15) is 8.42 Å². The molecule has 0 radical (unpaired) electrons. The molecule has 2 aromatic carbocycles. The highest BCUT2D eigenvalue weighted by Crippen LogP contribution is 2.28. The van der Waals surface area contributed by atoms with E-state index >= 15 is 0 Å². The number of unbranched alkanes of at least 4 members (excludes halogenated alkanes) is 1. The molecule has 0 unspecified atom stereocenters. The SMILES string of the molecule is CCCCOc1ccc(S(=O)(=O)Nc2ccc(N3CNc4occc4C3=N)cc2)cc1. The molecule has 9 heteroatoms. The van der Waals surface area contributed by atoms with Crippen molar-refractivity contribution in [2.24, 2.45) is 0 Å². The maximum Gasteiger partial charge on any atom is 0.261 e. The second kappa shape index (κ2) is 8.73. The van der Waals surface area contributed by atoms with E-state index in [0.29, 0.717) is 42.0 Å². The van der Waals surface area contributed by atoms with Crippen molar-refractivity contribution in [2.75, 3.05) is 28.2 Å². The van der Waals surface area contributed by atoms with Gasteiger partial charge in [0.05, 0.1) is 30.0 Å². The van der Waals surface area contributed by atoms with Crippen LogP contribution in [-0.2, 0) is 10.0 Å². The van der Waals surface area contributed by atoms with Gasteiger partial charge in [0.1, 0.15) is 11.6 Å². The van der Waals surface area contributed by atoms with Gasteiger partial charge >= 0.3 is 0 Å². The van der Waals surface area contributed by atoms with Crippen LogP contribution < -0.4 is 19.7 Å². The van der Waals surface area contributed by atoms with E-state index in [-0.39, 0.29) is 4.90 Å². The zero-order chi connectivity index (χ0) is 21.8. The molecule has 0 saturated heterocycles. The molecule has 0 aliphatic carbocycles. The molecule has 8 nitrogen and oxygen atoms in total. The average Bonchev–Trinajstić information content (AvgIpc) is 3.25. The minimum atomic E-state index is -3.72. The first-order valence-corrected chi connectivity index (χ1v) is 11.5. The lowest BCUT2D eigenvalue weighted by Crippen LogP contribution is -2.39. The Morgan fingerprint density at radius 2 is 1.87 bits per heavy atom. The highest BCUT2D eigenvalue weighted by atomic mass is 32.2. The average molecular weight is 441 g/mol. The first-order valence-electron chi connectivity index (χ1n) is 10.0. The third kappa shape index (κ3) is 4.51. The van der Waals surface area contributed by atoms with Gasteiger partial charge in [0, 0.05) is 11.4 Å². The molecule has 1 aromatic heterocycles. The van der Waals surface area contributed by atoms with Gasteiger partial charge in [-0.05, 0) is 61.0 Å². The highest BCUT2D eigenvalue weighted by molar-refractivity contribution is 7.92. The summed E-state index contributed by atoms with van der Waals surface area (Å²) in [6.07, 6.45) is 3.53. The monoisotopic (exact) mass is 440 g/mol. The van der Waals surface area contributed by atoms with Gasteiger partial charge in [-0.1, -0.05) is 13.3 Å². The van der Waals surface area contributed by atoms with Crippen molar-refractivity contribution in [3.8, 4) is 5.75 Å². The van der Waals surface area contributed by atoms with Crippen molar-refractivity contribution in [3.63, 3.8) is 0 Å². The van der Waals surface area contributed by atoms with Gasteiger partial charge in [0.25, 0.3) is 10.0 Å². The maximum atomic E-state index is 12.7. The Labute approximate surface area is 181 Å².